The summed E-state index contributed by atoms with van der Waals surface area (Å²) in [6, 6.07) is 0.689. The Morgan fingerprint density at radius 1 is 1.50 bits per heavy atom. The van der Waals surface area contributed by atoms with Crippen LogP contribution in [0.2, 0.25) is 0 Å². The molecule has 0 aromatic rings. The fourth-order valence-corrected chi connectivity index (χ4v) is 2.78. The van der Waals surface area contributed by atoms with E-state index in [0.717, 1.165) is 25.6 Å². The summed E-state index contributed by atoms with van der Waals surface area (Å²) in [4.78, 5) is 2.59. The Morgan fingerprint density at radius 3 is 3.14 bits per heavy atom. The summed E-state index contributed by atoms with van der Waals surface area (Å²) in [6.45, 7) is 5.39. The highest BCUT2D eigenvalue weighted by Gasteiger charge is 2.36. The molecule has 0 aromatic heterocycles. The van der Waals surface area contributed by atoms with Gasteiger partial charge < -0.3 is 4.74 Å². The molecule has 0 spiro atoms. The summed E-state index contributed by atoms with van der Waals surface area (Å²) in [7, 11) is 0. The van der Waals surface area contributed by atoms with Crippen LogP contribution < -0.4 is 0 Å². The van der Waals surface area contributed by atoms with E-state index in [1.165, 1.54) is 19.3 Å². The number of fused-ring (bicyclic) bond motifs is 1. The fourth-order valence-electron chi connectivity index (χ4n) is 2.68. The van der Waals surface area contributed by atoms with E-state index in [0.29, 0.717) is 18.1 Å². The topological polar surface area (TPSA) is 12.5 Å². The molecule has 0 aromatic carbocycles. The molecular weight excluding hydrogens is 198 g/mol. The van der Waals surface area contributed by atoms with Crippen molar-refractivity contribution < 1.29 is 4.74 Å². The first-order valence-corrected chi connectivity index (χ1v) is 6.26. The second-order valence-corrected chi connectivity index (χ2v) is 4.97. The molecule has 3 unspecified atom stereocenters. The Balaban J connectivity index is 1.90. The van der Waals surface area contributed by atoms with E-state index >= 15 is 0 Å². The Labute approximate surface area is 91.6 Å². The van der Waals surface area contributed by atoms with Crippen LogP contribution in [0.5, 0.6) is 0 Å². The number of hydrogen-bond donors (Lipinski definition) is 0. The van der Waals surface area contributed by atoms with Crippen molar-refractivity contribution in [1.82, 2.24) is 4.90 Å². The third-order valence-electron chi connectivity index (χ3n) is 3.41. The molecule has 0 radical (unpaired) electrons. The zero-order chi connectivity index (χ0) is 9.97. The van der Waals surface area contributed by atoms with Gasteiger partial charge in [0.05, 0.1) is 12.7 Å². The number of morpholine rings is 1. The maximum Gasteiger partial charge on any atom is 0.0730 e. The van der Waals surface area contributed by atoms with Crippen molar-refractivity contribution in [3.8, 4) is 0 Å². The third kappa shape index (κ3) is 2.23. The van der Waals surface area contributed by atoms with Crippen molar-refractivity contribution in [2.24, 2.45) is 5.92 Å². The Hall–Kier alpha value is 0.210. The molecule has 1 aliphatic heterocycles. The lowest BCUT2D eigenvalue weighted by Gasteiger charge is -2.38. The molecule has 0 bridgehead atoms. The lowest BCUT2D eigenvalue weighted by molar-refractivity contribution is -0.0587. The standard InChI is InChI=1S/C11H20ClNO/c1-9(7-12)8-13-5-6-14-11-4-2-3-10(11)13/h9-11H,2-8H2,1H3. The molecule has 3 atom stereocenters. The van der Waals surface area contributed by atoms with Crippen LogP contribution in [-0.2, 0) is 4.74 Å². The lowest BCUT2D eigenvalue weighted by Crippen LogP contribution is -2.50. The molecular formula is C11H20ClNO. The molecule has 2 aliphatic rings. The van der Waals surface area contributed by atoms with Gasteiger partial charge in [0.15, 0.2) is 0 Å². The summed E-state index contributed by atoms with van der Waals surface area (Å²) in [5, 5.41) is 0. The molecule has 2 rings (SSSR count). The zero-order valence-electron chi connectivity index (χ0n) is 8.92. The number of hydrogen-bond acceptors (Lipinski definition) is 2. The molecule has 1 saturated carbocycles. The minimum absolute atomic E-state index is 0.520. The van der Waals surface area contributed by atoms with E-state index in [9.17, 15) is 0 Å². The predicted octanol–water partition coefficient (Wildman–Crippen LogP) is 2.11. The molecule has 0 amide bonds. The highest BCUT2D eigenvalue weighted by molar-refractivity contribution is 6.18. The first-order chi connectivity index (χ1) is 6.81. The van der Waals surface area contributed by atoms with Gasteiger partial charge in [0.25, 0.3) is 0 Å². The maximum absolute atomic E-state index is 5.86. The SMILES string of the molecule is CC(CCl)CN1CCOC2CCCC21. The van der Waals surface area contributed by atoms with E-state index in [1.54, 1.807) is 0 Å². The average Bonchev–Trinajstić information content (AvgIpc) is 2.66. The number of rotatable bonds is 3. The third-order valence-corrected chi connectivity index (χ3v) is 3.93. The Bertz CT molecular complexity index is 188. The van der Waals surface area contributed by atoms with Crippen molar-refractivity contribution in [3.63, 3.8) is 0 Å². The first-order valence-electron chi connectivity index (χ1n) is 5.73. The van der Waals surface area contributed by atoms with Crippen molar-refractivity contribution in [2.45, 2.75) is 38.3 Å². The van der Waals surface area contributed by atoms with Gasteiger partial charge in [-0.25, -0.2) is 0 Å². The summed E-state index contributed by atoms with van der Waals surface area (Å²) < 4.78 is 5.77. The van der Waals surface area contributed by atoms with Gasteiger partial charge in [-0.15, -0.1) is 11.6 Å². The molecule has 1 heterocycles. The fraction of sp³-hybridized carbons (Fsp3) is 1.00. The normalized spacial score (nSPS) is 35.6. The zero-order valence-corrected chi connectivity index (χ0v) is 9.67. The van der Waals surface area contributed by atoms with Gasteiger partial charge >= 0.3 is 0 Å². The first kappa shape index (κ1) is 10.7. The van der Waals surface area contributed by atoms with Crippen molar-refractivity contribution >= 4 is 11.6 Å². The smallest absolute Gasteiger partial charge is 0.0730 e. The van der Waals surface area contributed by atoms with Crippen LogP contribution in [0.3, 0.4) is 0 Å². The highest BCUT2D eigenvalue weighted by atomic mass is 35.5. The van der Waals surface area contributed by atoms with Crippen LogP contribution in [0, 0.1) is 5.92 Å². The van der Waals surface area contributed by atoms with E-state index in [4.69, 9.17) is 16.3 Å². The van der Waals surface area contributed by atoms with Crippen molar-refractivity contribution in [1.29, 1.82) is 0 Å². The van der Waals surface area contributed by atoms with Gasteiger partial charge in [0.2, 0.25) is 0 Å². The van der Waals surface area contributed by atoms with Gasteiger partial charge in [0, 0.05) is 25.0 Å². The van der Waals surface area contributed by atoms with Gasteiger partial charge in [-0.3, -0.25) is 4.90 Å². The molecule has 2 fully saturated rings. The van der Waals surface area contributed by atoms with Crippen LogP contribution in [-0.4, -0.2) is 42.6 Å². The summed E-state index contributed by atoms with van der Waals surface area (Å²) in [6.07, 6.45) is 4.43. The predicted molar refractivity (Wildman–Crippen MR) is 58.8 cm³/mol. The van der Waals surface area contributed by atoms with Crippen LogP contribution in [0.4, 0.5) is 0 Å². The van der Waals surface area contributed by atoms with E-state index < -0.39 is 0 Å². The van der Waals surface area contributed by atoms with Gasteiger partial charge in [-0.2, -0.15) is 0 Å². The average molecular weight is 218 g/mol. The van der Waals surface area contributed by atoms with Gasteiger partial charge in [-0.1, -0.05) is 6.92 Å². The molecule has 82 valence electrons. The molecule has 1 saturated heterocycles. The minimum atomic E-state index is 0.520. The van der Waals surface area contributed by atoms with Crippen LogP contribution in [0.1, 0.15) is 26.2 Å². The minimum Gasteiger partial charge on any atom is -0.375 e. The molecule has 0 N–H and O–H groups in total. The largest absolute Gasteiger partial charge is 0.375 e. The van der Waals surface area contributed by atoms with Crippen LogP contribution in [0.15, 0.2) is 0 Å². The summed E-state index contributed by atoms with van der Waals surface area (Å²) >= 11 is 5.86. The van der Waals surface area contributed by atoms with Crippen molar-refractivity contribution in [3.05, 3.63) is 0 Å². The molecule has 1 aliphatic carbocycles. The van der Waals surface area contributed by atoms with Crippen molar-refractivity contribution in [2.75, 3.05) is 25.6 Å². The monoisotopic (exact) mass is 217 g/mol. The number of ether oxygens (including phenoxy) is 1. The van der Waals surface area contributed by atoms with Crippen LogP contribution >= 0.6 is 11.6 Å². The molecule has 14 heavy (non-hydrogen) atoms. The molecule has 2 nitrogen and oxygen atoms in total. The number of nitrogens with zero attached hydrogens (tertiary/aromatic N) is 1. The Kier molecular flexibility index (Phi) is 3.69. The van der Waals surface area contributed by atoms with Gasteiger partial charge in [-0.05, 0) is 25.2 Å². The lowest BCUT2D eigenvalue weighted by atomic mass is 10.1. The van der Waals surface area contributed by atoms with Crippen LogP contribution in [0.25, 0.3) is 0 Å². The van der Waals surface area contributed by atoms with E-state index in [2.05, 4.69) is 11.8 Å². The Morgan fingerprint density at radius 2 is 2.36 bits per heavy atom. The second kappa shape index (κ2) is 4.82. The number of halogens is 1. The summed E-state index contributed by atoms with van der Waals surface area (Å²) in [5.41, 5.74) is 0. The van der Waals surface area contributed by atoms with E-state index in [1.807, 2.05) is 0 Å². The molecule has 3 heteroatoms. The number of alkyl halides is 1. The maximum atomic E-state index is 5.86. The quantitative estimate of drug-likeness (QED) is 0.672. The highest BCUT2D eigenvalue weighted by Crippen LogP contribution is 2.30. The summed E-state index contributed by atoms with van der Waals surface area (Å²) in [5.74, 6) is 1.38. The second-order valence-electron chi connectivity index (χ2n) is 4.66. The van der Waals surface area contributed by atoms with Gasteiger partial charge in [0.1, 0.15) is 0 Å². The van der Waals surface area contributed by atoms with E-state index in [-0.39, 0.29) is 0 Å².